The fourth-order valence-electron chi connectivity index (χ4n) is 2.80. The van der Waals surface area contributed by atoms with Crippen LogP contribution in [-0.4, -0.2) is 49.8 Å². The number of ether oxygens (including phenoxy) is 3. The number of imide groups is 1. The molecule has 0 aromatic heterocycles. The van der Waals surface area contributed by atoms with Crippen LogP contribution in [0.25, 0.3) is 6.08 Å². The number of amides is 3. The molecular formula is C21H19ClN2O6S. The molecule has 3 rings (SSSR count). The lowest BCUT2D eigenvalue weighted by Gasteiger charge is -2.13. The molecule has 0 atom stereocenters. The maximum Gasteiger partial charge on any atom is 0.294 e. The second-order valence-electron chi connectivity index (χ2n) is 6.27. The molecule has 1 fully saturated rings. The SMILES string of the molecule is COc1ccc(C=C2SC(=O)N(CC(=O)Nc3ccc(OC)c(Cl)c3)C2=O)c(OC)c1. The minimum atomic E-state index is -0.559. The number of halogens is 1. The molecular weight excluding hydrogens is 444 g/mol. The third-order valence-corrected chi connectivity index (χ3v) is 5.54. The minimum absolute atomic E-state index is 0.189. The van der Waals surface area contributed by atoms with Crippen LogP contribution in [0, 0.1) is 0 Å². The van der Waals surface area contributed by atoms with Crippen LogP contribution < -0.4 is 19.5 Å². The zero-order valence-corrected chi connectivity index (χ0v) is 18.5. The molecule has 31 heavy (non-hydrogen) atoms. The first-order valence-electron chi connectivity index (χ1n) is 8.97. The van der Waals surface area contributed by atoms with Crippen molar-refractivity contribution in [3.63, 3.8) is 0 Å². The number of hydrogen-bond acceptors (Lipinski definition) is 7. The quantitative estimate of drug-likeness (QED) is 0.620. The molecule has 0 unspecified atom stereocenters. The van der Waals surface area contributed by atoms with Gasteiger partial charge >= 0.3 is 0 Å². The summed E-state index contributed by atoms with van der Waals surface area (Å²) in [5, 5.41) is 2.40. The lowest BCUT2D eigenvalue weighted by Crippen LogP contribution is -2.36. The molecule has 0 spiro atoms. The van der Waals surface area contributed by atoms with E-state index in [1.807, 2.05) is 0 Å². The van der Waals surface area contributed by atoms with Crippen LogP contribution in [0.1, 0.15) is 5.56 Å². The molecule has 8 nitrogen and oxygen atoms in total. The molecule has 0 radical (unpaired) electrons. The largest absolute Gasteiger partial charge is 0.497 e. The number of nitrogens with zero attached hydrogens (tertiary/aromatic N) is 1. The summed E-state index contributed by atoms with van der Waals surface area (Å²) in [6.45, 7) is -0.425. The first-order chi connectivity index (χ1) is 14.9. The first kappa shape index (κ1) is 22.5. The van der Waals surface area contributed by atoms with Gasteiger partial charge in [0.05, 0.1) is 31.3 Å². The van der Waals surface area contributed by atoms with Crippen LogP contribution >= 0.6 is 23.4 Å². The van der Waals surface area contributed by atoms with Crippen LogP contribution in [0.15, 0.2) is 41.3 Å². The molecule has 3 amide bonds. The predicted octanol–water partition coefficient (Wildman–Crippen LogP) is 4.04. The Labute approximate surface area is 188 Å². The summed E-state index contributed by atoms with van der Waals surface area (Å²) in [4.78, 5) is 38.5. The average molecular weight is 463 g/mol. The van der Waals surface area contributed by atoms with E-state index in [9.17, 15) is 14.4 Å². The molecule has 1 saturated heterocycles. The zero-order valence-electron chi connectivity index (χ0n) is 16.9. The Morgan fingerprint density at radius 1 is 1.06 bits per heavy atom. The first-order valence-corrected chi connectivity index (χ1v) is 10.2. The Kier molecular flexibility index (Phi) is 7.09. The van der Waals surface area contributed by atoms with E-state index in [0.717, 1.165) is 16.7 Å². The summed E-state index contributed by atoms with van der Waals surface area (Å²) in [5.74, 6) is 0.449. The Morgan fingerprint density at radius 3 is 2.45 bits per heavy atom. The Balaban J connectivity index is 1.72. The topological polar surface area (TPSA) is 94.2 Å². The number of rotatable bonds is 7. The van der Waals surface area contributed by atoms with Gasteiger partial charge in [-0.25, -0.2) is 0 Å². The monoisotopic (exact) mass is 462 g/mol. The maximum atomic E-state index is 12.7. The van der Waals surface area contributed by atoms with E-state index in [0.29, 0.717) is 33.5 Å². The molecule has 10 heteroatoms. The highest BCUT2D eigenvalue weighted by atomic mass is 35.5. The van der Waals surface area contributed by atoms with Gasteiger partial charge in [0.25, 0.3) is 11.1 Å². The van der Waals surface area contributed by atoms with E-state index in [-0.39, 0.29) is 4.91 Å². The zero-order chi connectivity index (χ0) is 22.5. The fraction of sp³-hybridized carbons (Fsp3) is 0.190. The van der Waals surface area contributed by atoms with Crippen molar-refractivity contribution in [3.8, 4) is 17.2 Å². The summed E-state index contributed by atoms with van der Waals surface area (Å²) in [5.41, 5.74) is 1.02. The lowest BCUT2D eigenvalue weighted by atomic mass is 10.1. The summed E-state index contributed by atoms with van der Waals surface area (Å²) in [7, 11) is 4.51. The van der Waals surface area contributed by atoms with Gasteiger partial charge in [0.2, 0.25) is 5.91 Å². The van der Waals surface area contributed by atoms with Crippen LogP contribution in [0.3, 0.4) is 0 Å². The van der Waals surface area contributed by atoms with Crippen molar-refractivity contribution in [2.45, 2.75) is 0 Å². The highest BCUT2D eigenvalue weighted by Crippen LogP contribution is 2.35. The normalized spacial score (nSPS) is 14.7. The van der Waals surface area contributed by atoms with Gasteiger partial charge in [-0.15, -0.1) is 0 Å². The number of hydrogen-bond donors (Lipinski definition) is 1. The van der Waals surface area contributed by atoms with Gasteiger partial charge in [0.1, 0.15) is 23.8 Å². The predicted molar refractivity (Wildman–Crippen MR) is 119 cm³/mol. The van der Waals surface area contributed by atoms with Crippen molar-refractivity contribution in [2.75, 3.05) is 33.2 Å². The van der Waals surface area contributed by atoms with Crippen LogP contribution in [0.5, 0.6) is 17.2 Å². The second-order valence-corrected chi connectivity index (χ2v) is 7.67. The number of benzene rings is 2. The van der Waals surface area contributed by atoms with Crippen molar-refractivity contribution in [1.29, 1.82) is 0 Å². The third kappa shape index (κ3) is 5.12. The highest BCUT2D eigenvalue weighted by Gasteiger charge is 2.36. The number of anilines is 1. The van der Waals surface area contributed by atoms with Crippen LogP contribution in [0.4, 0.5) is 10.5 Å². The number of nitrogens with one attached hydrogen (secondary N) is 1. The van der Waals surface area contributed by atoms with Gasteiger partial charge in [-0.1, -0.05) is 11.6 Å². The third-order valence-electron chi connectivity index (χ3n) is 4.34. The van der Waals surface area contributed by atoms with Crippen molar-refractivity contribution in [2.24, 2.45) is 0 Å². The molecule has 0 bridgehead atoms. The highest BCUT2D eigenvalue weighted by molar-refractivity contribution is 8.18. The fourth-order valence-corrected chi connectivity index (χ4v) is 3.89. The van der Waals surface area contributed by atoms with E-state index >= 15 is 0 Å². The number of carbonyl (C=O) groups excluding carboxylic acids is 3. The Morgan fingerprint density at radius 2 is 1.81 bits per heavy atom. The smallest absolute Gasteiger partial charge is 0.294 e. The molecule has 162 valence electrons. The van der Waals surface area contributed by atoms with Crippen LogP contribution in [-0.2, 0) is 9.59 Å². The van der Waals surface area contributed by atoms with Gasteiger partial charge in [-0.05, 0) is 48.2 Å². The molecule has 0 saturated carbocycles. The number of carbonyl (C=O) groups is 3. The van der Waals surface area contributed by atoms with Crippen molar-refractivity contribution < 1.29 is 28.6 Å². The van der Waals surface area contributed by atoms with E-state index < -0.39 is 23.6 Å². The van der Waals surface area contributed by atoms with E-state index in [4.69, 9.17) is 25.8 Å². The van der Waals surface area contributed by atoms with Crippen LogP contribution in [0.2, 0.25) is 5.02 Å². The number of thioether (sulfide) groups is 1. The van der Waals surface area contributed by atoms with Gasteiger partial charge in [-0.3, -0.25) is 19.3 Å². The average Bonchev–Trinajstić information content (AvgIpc) is 3.01. The van der Waals surface area contributed by atoms with Crippen molar-refractivity contribution in [3.05, 3.63) is 51.9 Å². The standard InChI is InChI=1S/C21H19ClN2O6S/c1-28-14-6-4-12(17(10-14)30-3)8-18-20(26)24(21(27)31-18)11-19(25)23-13-5-7-16(29-2)15(22)9-13/h4-10H,11H2,1-3H3,(H,23,25). The summed E-state index contributed by atoms with van der Waals surface area (Å²) >= 11 is 6.80. The molecule has 0 aliphatic carbocycles. The molecule has 1 heterocycles. The second kappa shape index (κ2) is 9.76. The summed E-state index contributed by atoms with van der Waals surface area (Å²) in [6.07, 6.45) is 1.55. The molecule has 1 N–H and O–H groups in total. The van der Waals surface area contributed by atoms with Gasteiger partial charge in [0, 0.05) is 17.3 Å². The lowest BCUT2D eigenvalue weighted by molar-refractivity contribution is -0.127. The Bertz CT molecular complexity index is 1070. The Hall–Kier alpha value is -3.17. The molecule has 1 aliphatic rings. The van der Waals surface area contributed by atoms with Gasteiger partial charge < -0.3 is 19.5 Å². The minimum Gasteiger partial charge on any atom is -0.497 e. The molecule has 1 aliphatic heterocycles. The number of methoxy groups -OCH3 is 3. The van der Waals surface area contributed by atoms with Gasteiger partial charge in [0.15, 0.2) is 0 Å². The maximum absolute atomic E-state index is 12.7. The van der Waals surface area contributed by atoms with Crippen molar-refractivity contribution >= 4 is 52.2 Å². The summed E-state index contributed by atoms with van der Waals surface area (Å²) < 4.78 is 15.5. The molecule has 2 aromatic rings. The van der Waals surface area contributed by atoms with E-state index in [1.54, 1.807) is 36.4 Å². The summed E-state index contributed by atoms with van der Waals surface area (Å²) in [6, 6.07) is 9.82. The molecule has 2 aromatic carbocycles. The van der Waals surface area contributed by atoms with Gasteiger partial charge in [-0.2, -0.15) is 0 Å². The van der Waals surface area contributed by atoms with Crippen molar-refractivity contribution in [1.82, 2.24) is 4.90 Å². The van der Waals surface area contributed by atoms with E-state index in [1.165, 1.54) is 27.4 Å². The van der Waals surface area contributed by atoms with E-state index in [2.05, 4.69) is 5.32 Å².